The highest BCUT2D eigenvalue weighted by molar-refractivity contribution is 6.04. The molecule has 0 spiro atoms. The molecule has 0 saturated carbocycles. The second kappa shape index (κ2) is 9.95. The number of hydrogen-bond acceptors (Lipinski definition) is 5. The van der Waals surface area contributed by atoms with Gasteiger partial charge < -0.3 is 14.4 Å². The topological polar surface area (TPSA) is 73.7 Å². The van der Waals surface area contributed by atoms with E-state index in [9.17, 15) is 9.59 Å². The molecule has 0 radical (unpaired) electrons. The van der Waals surface area contributed by atoms with E-state index in [-0.39, 0.29) is 17.2 Å². The molecule has 0 N–H and O–H groups in total. The van der Waals surface area contributed by atoms with Crippen LogP contribution in [-0.2, 0) is 16.0 Å². The van der Waals surface area contributed by atoms with Crippen LogP contribution in [0.25, 0.3) is 10.8 Å². The molecular formula is C22H25N3O4. The van der Waals surface area contributed by atoms with Crippen LogP contribution in [0.15, 0.2) is 59.4 Å². The number of amides is 1. The Morgan fingerprint density at radius 2 is 1.52 bits per heavy atom. The zero-order valence-electron chi connectivity index (χ0n) is 16.7. The van der Waals surface area contributed by atoms with Crippen LogP contribution in [0, 0.1) is 0 Å². The Morgan fingerprint density at radius 1 is 0.931 bits per heavy atom. The number of carbonyl (C=O) groups is 1. The van der Waals surface area contributed by atoms with Gasteiger partial charge in [0.05, 0.1) is 25.1 Å². The number of aromatic nitrogens is 2. The van der Waals surface area contributed by atoms with Gasteiger partial charge in [-0.2, -0.15) is 5.10 Å². The lowest BCUT2D eigenvalue weighted by Gasteiger charge is -2.22. The SMILES string of the molecule is COCCN(CCOC)C(=O)c1nn(Cc2ccccc2)c(=O)c2ccccc12. The van der Waals surface area contributed by atoms with Crippen molar-refractivity contribution in [2.24, 2.45) is 0 Å². The van der Waals surface area contributed by atoms with Gasteiger partial charge in [0.25, 0.3) is 11.5 Å². The fraction of sp³-hybridized carbons (Fsp3) is 0.318. The van der Waals surface area contributed by atoms with Gasteiger partial charge in [0.2, 0.25) is 0 Å². The monoisotopic (exact) mass is 395 g/mol. The smallest absolute Gasteiger partial charge is 0.275 e. The summed E-state index contributed by atoms with van der Waals surface area (Å²) in [4.78, 5) is 27.9. The average Bonchev–Trinajstić information content (AvgIpc) is 2.76. The van der Waals surface area contributed by atoms with Crippen molar-refractivity contribution in [3.63, 3.8) is 0 Å². The van der Waals surface area contributed by atoms with Crippen molar-refractivity contribution in [2.75, 3.05) is 40.5 Å². The molecule has 0 saturated heterocycles. The highest BCUT2D eigenvalue weighted by Gasteiger charge is 2.22. The molecule has 1 aromatic heterocycles. The minimum absolute atomic E-state index is 0.221. The van der Waals surface area contributed by atoms with Crippen LogP contribution in [0.5, 0.6) is 0 Å². The van der Waals surface area contributed by atoms with Gasteiger partial charge >= 0.3 is 0 Å². The summed E-state index contributed by atoms with van der Waals surface area (Å²) in [6.45, 7) is 1.91. The number of methoxy groups -OCH3 is 2. The lowest BCUT2D eigenvalue weighted by Crippen LogP contribution is -2.38. The van der Waals surface area contributed by atoms with Crippen molar-refractivity contribution in [1.82, 2.24) is 14.7 Å². The highest BCUT2D eigenvalue weighted by Crippen LogP contribution is 2.16. The van der Waals surface area contributed by atoms with E-state index in [1.54, 1.807) is 43.4 Å². The summed E-state index contributed by atoms with van der Waals surface area (Å²) in [5.74, 6) is -0.253. The fourth-order valence-electron chi connectivity index (χ4n) is 3.12. The van der Waals surface area contributed by atoms with Gasteiger partial charge in [-0.05, 0) is 11.6 Å². The van der Waals surface area contributed by atoms with E-state index in [4.69, 9.17) is 9.47 Å². The summed E-state index contributed by atoms with van der Waals surface area (Å²) in [5.41, 5.74) is 0.969. The number of carbonyl (C=O) groups excluding carboxylic acids is 1. The third-order valence-electron chi connectivity index (χ3n) is 4.66. The van der Waals surface area contributed by atoms with Crippen molar-refractivity contribution in [2.45, 2.75) is 6.54 Å². The number of rotatable bonds is 9. The second-order valence-corrected chi connectivity index (χ2v) is 6.62. The minimum Gasteiger partial charge on any atom is -0.383 e. The highest BCUT2D eigenvalue weighted by atomic mass is 16.5. The van der Waals surface area contributed by atoms with Crippen LogP contribution >= 0.6 is 0 Å². The number of benzene rings is 2. The van der Waals surface area contributed by atoms with Gasteiger partial charge in [0, 0.05) is 32.7 Å². The van der Waals surface area contributed by atoms with Gasteiger partial charge in [-0.1, -0.05) is 48.5 Å². The summed E-state index contributed by atoms with van der Waals surface area (Å²) in [7, 11) is 3.18. The lowest BCUT2D eigenvalue weighted by atomic mass is 10.1. The molecule has 7 heteroatoms. The summed E-state index contributed by atoms with van der Waals surface area (Å²) >= 11 is 0. The number of ether oxygens (including phenoxy) is 2. The molecule has 29 heavy (non-hydrogen) atoms. The molecule has 0 bridgehead atoms. The predicted molar refractivity (Wildman–Crippen MR) is 111 cm³/mol. The van der Waals surface area contributed by atoms with Crippen molar-refractivity contribution < 1.29 is 14.3 Å². The van der Waals surface area contributed by atoms with Gasteiger partial charge in [-0.3, -0.25) is 9.59 Å². The first-order valence-corrected chi connectivity index (χ1v) is 9.46. The Morgan fingerprint density at radius 3 is 2.14 bits per heavy atom. The van der Waals surface area contributed by atoms with Crippen molar-refractivity contribution >= 4 is 16.7 Å². The van der Waals surface area contributed by atoms with Gasteiger partial charge in [0.15, 0.2) is 5.69 Å². The Labute approximate surface area is 169 Å². The summed E-state index contributed by atoms with van der Waals surface area (Å²) in [6, 6.07) is 16.7. The van der Waals surface area contributed by atoms with Gasteiger partial charge in [-0.15, -0.1) is 0 Å². The van der Waals surface area contributed by atoms with E-state index in [1.165, 1.54) is 4.68 Å². The summed E-state index contributed by atoms with van der Waals surface area (Å²) < 4.78 is 11.6. The Bertz CT molecular complexity index is 1010. The lowest BCUT2D eigenvalue weighted by molar-refractivity contribution is 0.0621. The zero-order valence-corrected chi connectivity index (χ0v) is 16.7. The van der Waals surface area contributed by atoms with E-state index in [0.29, 0.717) is 43.6 Å². The number of nitrogens with zero attached hydrogens (tertiary/aromatic N) is 3. The normalized spacial score (nSPS) is 11.0. The van der Waals surface area contributed by atoms with Crippen LogP contribution in [-0.4, -0.2) is 61.1 Å². The maximum atomic E-state index is 13.3. The van der Waals surface area contributed by atoms with Crippen LogP contribution < -0.4 is 5.56 Å². The average molecular weight is 395 g/mol. The predicted octanol–water partition coefficient (Wildman–Crippen LogP) is 2.18. The third-order valence-corrected chi connectivity index (χ3v) is 4.66. The molecule has 3 rings (SSSR count). The quantitative estimate of drug-likeness (QED) is 0.555. The largest absolute Gasteiger partial charge is 0.383 e. The number of fused-ring (bicyclic) bond motifs is 1. The molecule has 1 heterocycles. The molecule has 0 aliphatic heterocycles. The first-order chi connectivity index (χ1) is 14.2. The molecule has 152 valence electrons. The van der Waals surface area contributed by atoms with Crippen LogP contribution in [0.2, 0.25) is 0 Å². The van der Waals surface area contributed by atoms with E-state index >= 15 is 0 Å². The van der Waals surface area contributed by atoms with Crippen molar-refractivity contribution in [3.8, 4) is 0 Å². The molecule has 3 aromatic rings. The van der Waals surface area contributed by atoms with Crippen molar-refractivity contribution in [1.29, 1.82) is 0 Å². The van der Waals surface area contributed by atoms with E-state index in [1.807, 2.05) is 30.3 Å². The Balaban J connectivity index is 2.06. The van der Waals surface area contributed by atoms with Crippen LogP contribution in [0.3, 0.4) is 0 Å². The standard InChI is InChI=1S/C22H25N3O4/c1-28-14-12-24(13-15-29-2)22(27)20-18-10-6-7-11-19(18)21(26)25(23-20)16-17-8-4-3-5-9-17/h3-11H,12-16H2,1-2H3. The Hall–Kier alpha value is -3.03. The molecule has 0 fully saturated rings. The first kappa shape index (κ1) is 20.7. The fourth-order valence-corrected chi connectivity index (χ4v) is 3.12. The maximum absolute atomic E-state index is 13.3. The Kier molecular flexibility index (Phi) is 7.10. The van der Waals surface area contributed by atoms with E-state index < -0.39 is 0 Å². The second-order valence-electron chi connectivity index (χ2n) is 6.62. The maximum Gasteiger partial charge on any atom is 0.275 e. The molecule has 0 aliphatic rings. The van der Waals surface area contributed by atoms with E-state index in [0.717, 1.165) is 5.56 Å². The van der Waals surface area contributed by atoms with Gasteiger partial charge in [-0.25, -0.2) is 4.68 Å². The van der Waals surface area contributed by atoms with Crippen LogP contribution in [0.1, 0.15) is 16.1 Å². The molecule has 7 nitrogen and oxygen atoms in total. The molecule has 0 atom stereocenters. The minimum atomic E-state index is -0.253. The molecule has 0 unspecified atom stereocenters. The molecular weight excluding hydrogens is 370 g/mol. The third kappa shape index (κ3) is 4.88. The number of hydrogen-bond donors (Lipinski definition) is 0. The summed E-state index contributed by atoms with van der Waals surface area (Å²) in [6.07, 6.45) is 0. The molecule has 0 aliphatic carbocycles. The molecule has 1 amide bonds. The molecule has 2 aromatic carbocycles. The van der Waals surface area contributed by atoms with Crippen LogP contribution in [0.4, 0.5) is 0 Å². The zero-order chi connectivity index (χ0) is 20.6. The van der Waals surface area contributed by atoms with Gasteiger partial charge in [0.1, 0.15) is 0 Å². The summed E-state index contributed by atoms with van der Waals surface area (Å²) in [5, 5.41) is 5.48. The van der Waals surface area contributed by atoms with E-state index in [2.05, 4.69) is 5.10 Å². The first-order valence-electron chi connectivity index (χ1n) is 9.46. The van der Waals surface area contributed by atoms with Crippen molar-refractivity contribution in [3.05, 3.63) is 76.2 Å².